The van der Waals surface area contributed by atoms with Gasteiger partial charge in [-0.05, 0) is 19.4 Å². The van der Waals surface area contributed by atoms with Gasteiger partial charge in [-0.3, -0.25) is 4.57 Å². The van der Waals surface area contributed by atoms with Crippen molar-refractivity contribution in [3.63, 3.8) is 0 Å². The van der Waals surface area contributed by atoms with Gasteiger partial charge in [-0.1, -0.05) is 35.5 Å². The van der Waals surface area contributed by atoms with Gasteiger partial charge in [-0.15, -0.1) is 0 Å². The van der Waals surface area contributed by atoms with E-state index in [0.717, 1.165) is 11.3 Å². The first-order valence-electron chi connectivity index (χ1n) is 6.36. The van der Waals surface area contributed by atoms with Crippen LogP contribution in [-0.4, -0.2) is 24.8 Å². The van der Waals surface area contributed by atoms with E-state index in [1.54, 1.807) is 13.8 Å². The van der Waals surface area contributed by atoms with Gasteiger partial charge in [0.2, 0.25) is 5.85 Å². The number of hydrogen-bond acceptors (Lipinski definition) is 5. The smallest absolute Gasteiger partial charge is 0.374 e. The van der Waals surface area contributed by atoms with E-state index < -0.39 is 13.4 Å². The summed E-state index contributed by atoms with van der Waals surface area (Å²) in [6.07, 6.45) is 0.432. The predicted molar refractivity (Wildman–Crippen MR) is 73.3 cm³/mol. The summed E-state index contributed by atoms with van der Waals surface area (Å²) in [6.45, 7) is 4.19. The highest BCUT2D eigenvalue weighted by Crippen LogP contribution is 2.56. The Labute approximate surface area is 113 Å². The normalized spacial score (nSPS) is 19.1. The molecule has 1 aromatic carbocycles. The zero-order chi connectivity index (χ0) is 13.7. The van der Waals surface area contributed by atoms with E-state index in [4.69, 9.17) is 13.9 Å². The number of rotatable bonds is 6. The molecule has 0 aliphatic carbocycles. The van der Waals surface area contributed by atoms with Crippen molar-refractivity contribution in [3.05, 3.63) is 35.9 Å². The van der Waals surface area contributed by atoms with Gasteiger partial charge in [0.05, 0.1) is 18.9 Å². The molecule has 2 rings (SSSR count). The van der Waals surface area contributed by atoms with Crippen LogP contribution in [0.3, 0.4) is 0 Å². The Bertz CT molecular complexity index is 479. The highest BCUT2D eigenvalue weighted by atomic mass is 31.2. The number of oxime groups is 1. The fraction of sp³-hybridized carbons (Fsp3) is 0.462. The minimum Gasteiger partial charge on any atom is -0.379 e. The first-order valence-corrected chi connectivity index (χ1v) is 7.97. The summed E-state index contributed by atoms with van der Waals surface area (Å²) in [4.78, 5) is 5.27. The third-order valence-electron chi connectivity index (χ3n) is 2.73. The average molecular weight is 283 g/mol. The van der Waals surface area contributed by atoms with Gasteiger partial charge in [0.1, 0.15) is 0 Å². The second-order valence-corrected chi connectivity index (χ2v) is 6.22. The van der Waals surface area contributed by atoms with Gasteiger partial charge in [-0.2, -0.15) is 0 Å². The predicted octanol–water partition coefficient (Wildman–Crippen LogP) is 3.40. The molecule has 1 heterocycles. The molecule has 0 radical (unpaired) electrons. The quantitative estimate of drug-likeness (QED) is 0.751. The Morgan fingerprint density at radius 3 is 2.47 bits per heavy atom. The molecule has 6 heteroatoms. The summed E-state index contributed by atoms with van der Waals surface area (Å²) in [6, 6.07) is 9.67. The number of hydrogen-bond donors (Lipinski definition) is 0. The molecule has 19 heavy (non-hydrogen) atoms. The molecule has 1 aliphatic rings. The maximum atomic E-state index is 12.5. The van der Waals surface area contributed by atoms with Crippen LogP contribution in [0.1, 0.15) is 25.8 Å². The first kappa shape index (κ1) is 14.3. The lowest BCUT2D eigenvalue weighted by Crippen LogP contribution is -2.14. The van der Waals surface area contributed by atoms with Crippen LogP contribution in [0, 0.1) is 0 Å². The molecule has 0 saturated heterocycles. The standard InChI is InChI=1S/C13H18NO4P/c1-3-16-19(15,17-4-2)13-10-12(14-18-13)11-8-6-5-7-9-11/h5-9,13H,3-4,10H2,1-2H3/t13-/m1/s1. The first-order chi connectivity index (χ1) is 9.19. The Morgan fingerprint density at radius 2 is 1.89 bits per heavy atom. The molecule has 5 nitrogen and oxygen atoms in total. The molecular weight excluding hydrogens is 265 g/mol. The van der Waals surface area contributed by atoms with Gasteiger partial charge in [0.25, 0.3) is 0 Å². The van der Waals surface area contributed by atoms with Gasteiger partial charge in [0.15, 0.2) is 0 Å². The van der Waals surface area contributed by atoms with Crippen LogP contribution in [-0.2, 0) is 18.5 Å². The van der Waals surface area contributed by atoms with Crippen molar-refractivity contribution >= 4 is 13.3 Å². The van der Waals surface area contributed by atoms with Crippen LogP contribution < -0.4 is 0 Å². The molecule has 0 fully saturated rings. The van der Waals surface area contributed by atoms with Crippen molar-refractivity contribution < 1.29 is 18.5 Å². The molecule has 104 valence electrons. The molecule has 0 N–H and O–H groups in total. The third-order valence-corrected chi connectivity index (χ3v) is 4.95. The summed E-state index contributed by atoms with van der Waals surface area (Å²) in [5.41, 5.74) is 1.73. The average Bonchev–Trinajstić information content (AvgIpc) is 2.90. The molecule has 1 atom stereocenters. The number of benzene rings is 1. The second-order valence-electron chi connectivity index (χ2n) is 4.04. The van der Waals surface area contributed by atoms with Crippen LogP contribution in [0.15, 0.2) is 35.5 Å². The largest absolute Gasteiger partial charge is 0.379 e. The van der Waals surface area contributed by atoms with E-state index in [-0.39, 0.29) is 0 Å². The molecule has 0 spiro atoms. The van der Waals surface area contributed by atoms with Crippen LogP contribution >= 0.6 is 7.60 Å². The van der Waals surface area contributed by atoms with E-state index in [9.17, 15) is 4.57 Å². The summed E-state index contributed by atoms with van der Waals surface area (Å²) in [5, 5.41) is 4.00. The van der Waals surface area contributed by atoms with Crippen LogP contribution in [0.4, 0.5) is 0 Å². The summed E-state index contributed by atoms with van der Waals surface area (Å²) >= 11 is 0. The van der Waals surface area contributed by atoms with Gasteiger partial charge in [0, 0.05) is 6.42 Å². The maximum absolute atomic E-state index is 12.5. The van der Waals surface area contributed by atoms with E-state index >= 15 is 0 Å². The molecule has 1 aromatic rings. The van der Waals surface area contributed by atoms with Crippen molar-refractivity contribution in [2.24, 2.45) is 5.16 Å². The Balaban J connectivity index is 2.09. The van der Waals surface area contributed by atoms with Crippen molar-refractivity contribution in [1.29, 1.82) is 0 Å². The summed E-state index contributed by atoms with van der Waals surface area (Å²) in [5.74, 6) is -0.650. The van der Waals surface area contributed by atoms with Gasteiger partial charge in [-0.25, -0.2) is 0 Å². The Kier molecular flexibility index (Phi) is 4.75. The van der Waals surface area contributed by atoms with Gasteiger partial charge >= 0.3 is 7.60 Å². The van der Waals surface area contributed by atoms with E-state index in [1.165, 1.54) is 0 Å². The minimum atomic E-state index is -3.26. The van der Waals surface area contributed by atoms with Crippen molar-refractivity contribution in [2.75, 3.05) is 13.2 Å². The van der Waals surface area contributed by atoms with Crippen LogP contribution in [0.25, 0.3) is 0 Å². The lowest BCUT2D eigenvalue weighted by Gasteiger charge is -2.20. The molecule has 1 aliphatic heterocycles. The Morgan fingerprint density at radius 1 is 1.26 bits per heavy atom. The summed E-state index contributed by atoms with van der Waals surface area (Å²) in [7, 11) is -3.26. The molecule has 0 aromatic heterocycles. The maximum Gasteiger partial charge on any atom is 0.374 e. The van der Waals surface area contributed by atoms with Gasteiger partial charge < -0.3 is 13.9 Å². The highest BCUT2D eigenvalue weighted by Gasteiger charge is 2.42. The lowest BCUT2D eigenvalue weighted by atomic mass is 10.1. The Hall–Kier alpha value is -1.16. The van der Waals surface area contributed by atoms with Crippen LogP contribution in [0.2, 0.25) is 0 Å². The fourth-order valence-corrected chi connectivity index (χ4v) is 3.58. The fourth-order valence-electron chi connectivity index (χ4n) is 1.90. The van der Waals surface area contributed by atoms with E-state index in [1.807, 2.05) is 30.3 Å². The highest BCUT2D eigenvalue weighted by molar-refractivity contribution is 7.54. The zero-order valence-electron chi connectivity index (χ0n) is 11.1. The molecular formula is C13H18NO4P. The van der Waals surface area contributed by atoms with E-state index in [0.29, 0.717) is 19.6 Å². The molecule has 0 unspecified atom stereocenters. The third kappa shape index (κ3) is 3.24. The lowest BCUT2D eigenvalue weighted by molar-refractivity contribution is 0.0959. The van der Waals surface area contributed by atoms with Crippen molar-refractivity contribution in [1.82, 2.24) is 0 Å². The minimum absolute atomic E-state index is 0.317. The monoisotopic (exact) mass is 283 g/mol. The number of nitrogens with zero attached hydrogens (tertiary/aromatic N) is 1. The zero-order valence-corrected chi connectivity index (χ0v) is 12.0. The second kappa shape index (κ2) is 6.33. The van der Waals surface area contributed by atoms with E-state index in [2.05, 4.69) is 5.16 Å². The molecule has 0 amide bonds. The van der Waals surface area contributed by atoms with Crippen molar-refractivity contribution in [3.8, 4) is 0 Å². The summed E-state index contributed by atoms with van der Waals surface area (Å²) < 4.78 is 23.1. The SMILES string of the molecule is CCOP(=O)(OCC)[C@@H]1CC(c2ccccc2)=NO1. The topological polar surface area (TPSA) is 57.1 Å². The molecule has 0 bridgehead atoms. The van der Waals surface area contributed by atoms with Crippen LogP contribution in [0.5, 0.6) is 0 Å². The van der Waals surface area contributed by atoms with Crippen molar-refractivity contribution in [2.45, 2.75) is 26.1 Å². The molecule has 0 saturated carbocycles.